The van der Waals surface area contributed by atoms with Gasteiger partial charge in [-0.3, -0.25) is 9.11 Å². The van der Waals surface area contributed by atoms with Gasteiger partial charge in [0.05, 0.1) is 0 Å². The first kappa shape index (κ1) is 15.6. The summed E-state index contributed by atoms with van der Waals surface area (Å²) < 4.78 is 22.8. The Morgan fingerprint density at radius 1 is 1.33 bits per heavy atom. The Morgan fingerprint density at radius 2 is 1.33 bits per heavy atom. The molecule has 6 heavy (non-hydrogen) atoms. The van der Waals surface area contributed by atoms with Crippen molar-refractivity contribution in [2.24, 2.45) is 0 Å². The zero-order chi connectivity index (χ0) is 3.58. The van der Waals surface area contributed by atoms with Gasteiger partial charge in [-0.2, -0.15) is 4.21 Å². The third-order valence-corrected chi connectivity index (χ3v) is 0. The molecule has 0 atom stereocenters. The normalized spacial score (nSPS) is 5.83. The van der Waals surface area contributed by atoms with Crippen LogP contribution in [0, 0.1) is 0 Å². The standard InChI is InChI=1S/Na.H2O3S.Se/c;1-4(2)3;/h;(H2,1,2,3);. The molecule has 33 valence electrons. The summed E-state index contributed by atoms with van der Waals surface area (Å²) >= 11 is -2.61. The summed E-state index contributed by atoms with van der Waals surface area (Å²) in [4.78, 5) is 0. The number of hydrogen-bond acceptors (Lipinski definition) is 1. The predicted molar refractivity (Wildman–Crippen MR) is 24.9 cm³/mol. The van der Waals surface area contributed by atoms with Gasteiger partial charge in [0, 0.05) is 46.6 Å². The van der Waals surface area contributed by atoms with E-state index in [0.717, 1.165) is 0 Å². The molecule has 0 aromatic carbocycles. The van der Waals surface area contributed by atoms with Crippen LogP contribution in [-0.2, 0) is 11.4 Å². The second kappa shape index (κ2) is 9.77. The maximum absolute atomic E-state index is 8.67. The molecular formula is H2NaO3SSe. The minimum absolute atomic E-state index is 0. The van der Waals surface area contributed by atoms with Crippen LogP contribution in [-0.4, -0.2) is 59.9 Å². The Balaban J connectivity index is -0.0000000450. The van der Waals surface area contributed by atoms with Gasteiger partial charge in [0.15, 0.2) is 0 Å². The first-order chi connectivity index (χ1) is 1.73. The van der Waals surface area contributed by atoms with Gasteiger partial charge in [-0.05, 0) is 0 Å². The third kappa shape index (κ3) is 46.6. The van der Waals surface area contributed by atoms with Crippen molar-refractivity contribution in [1.29, 1.82) is 0 Å². The Kier molecular flexibility index (Phi) is 25.5. The van der Waals surface area contributed by atoms with Gasteiger partial charge in [0.2, 0.25) is 0 Å². The molecule has 2 N–H and O–H groups in total. The molecule has 0 rings (SSSR count). The summed E-state index contributed by atoms with van der Waals surface area (Å²) in [7, 11) is 0. The SMILES string of the molecule is O=S(O)O.[Na].[Se]. The summed E-state index contributed by atoms with van der Waals surface area (Å²) in [5.41, 5.74) is 0. The van der Waals surface area contributed by atoms with E-state index >= 15 is 0 Å². The molecule has 3 radical (unpaired) electrons. The third-order valence-electron chi connectivity index (χ3n) is 0. The topological polar surface area (TPSA) is 57.5 Å². The average molecular weight is 184 g/mol. The van der Waals surface area contributed by atoms with Crippen LogP contribution in [0.3, 0.4) is 0 Å². The molecule has 0 aliphatic rings. The van der Waals surface area contributed by atoms with E-state index in [0.29, 0.717) is 0 Å². The van der Waals surface area contributed by atoms with Crippen molar-refractivity contribution in [3.63, 3.8) is 0 Å². The van der Waals surface area contributed by atoms with Crippen LogP contribution in [0.15, 0.2) is 0 Å². The largest absolute Gasteiger partial charge is 0.299 e. The summed E-state index contributed by atoms with van der Waals surface area (Å²) in [5, 5.41) is 0. The van der Waals surface area contributed by atoms with Gasteiger partial charge in [0.25, 0.3) is 11.4 Å². The van der Waals surface area contributed by atoms with Gasteiger partial charge in [-0.25, -0.2) is 0 Å². The molecule has 0 aliphatic carbocycles. The van der Waals surface area contributed by atoms with Crippen molar-refractivity contribution in [2.45, 2.75) is 0 Å². The van der Waals surface area contributed by atoms with E-state index in [1.807, 2.05) is 0 Å². The molecule has 0 spiro atoms. The molecule has 0 bridgehead atoms. The zero-order valence-electron chi connectivity index (χ0n) is 3.12. The molecule has 0 aromatic rings. The maximum Gasteiger partial charge on any atom is 0.299 e. The molecule has 6 heteroatoms. The number of hydrogen-bond donors (Lipinski definition) is 2. The van der Waals surface area contributed by atoms with Crippen molar-refractivity contribution in [1.82, 2.24) is 0 Å². The minimum atomic E-state index is -2.61. The molecule has 0 aromatic heterocycles. The summed E-state index contributed by atoms with van der Waals surface area (Å²) in [5.74, 6) is 0. The second-order valence-corrected chi connectivity index (χ2v) is 0.692. The Bertz CT molecular complexity index is 33.8. The van der Waals surface area contributed by atoms with Gasteiger partial charge in [-0.15, -0.1) is 0 Å². The summed E-state index contributed by atoms with van der Waals surface area (Å²) in [6.45, 7) is 0. The molecule has 0 saturated heterocycles. The first-order valence-corrected chi connectivity index (χ1v) is 1.60. The van der Waals surface area contributed by atoms with E-state index in [-0.39, 0.29) is 46.6 Å². The fourth-order valence-corrected chi connectivity index (χ4v) is 0. The van der Waals surface area contributed by atoms with Crippen LogP contribution in [0.2, 0.25) is 0 Å². The van der Waals surface area contributed by atoms with Crippen molar-refractivity contribution >= 4 is 58.0 Å². The number of rotatable bonds is 0. The van der Waals surface area contributed by atoms with Gasteiger partial charge in [0.1, 0.15) is 0 Å². The van der Waals surface area contributed by atoms with E-state index in [1.54, 1.807) is 0 Å². The van der Waals surface area contributed by atoms with E-state index < -0.39 is 11.4 Å². The molecule has 0 saturated carbocycles. The average Bonchev–Trinajstić information content (AvgIpc) is 0.811. The van der Waals surface area contributed by atoms with Gasteiger partial charge >= 0.3 is 0 Å². The molecule has 0 unspecified atom stereocenters. The Labute approximate surface area is 70.8 Å². The molecular weight excluding hydrogens is 182 g/mol. The fraction of sp³-hybridized carbons (Fsp3) is 0. The zero-order valence-corrected chi connectivity index (χ0v) is 7.65. The summed E-state index contributed by atoms with van der Waals surface area (Å²) in [6.07, 6.45) is 0. The van der Waals surface area contributed by atoms with Crippen LogP contribution >= 0.6 is 0 Å². The molecule has 0 aliphatic heterocycles. The van der Waals surface area contributed by atoms with Gasteiger partial charge < -0.3 is 0 Å². The monoisotopic (exact) mass is 185 g/mol. The van der Waals surface area contributed by atoms with Crippen LogP contribution in [0.1, 0.15) is 0 Å². The van der Waals surface area contributed by atoms with Crippen LogP contribution < -0.4 is 0 Å². The van der Waals surface area contributed by atoms with Crippen molar-refractivity contribution < 1.29 is 13.3 Å². The fourth-order valence-electron chi connectivity index (χ4n) is 0. The molecule has 0 fully saturated rings. The van der Waals surface area contributed by atoms with E-state index in [9.17, 15) is 0 Å². The van der Waals surface area contributed by atoms with Crippen molar-refractivity contribution in [2.75, 3.05) is 0 Å². The minimum Gasteiger partial charge on any atom is -0.284 e. The molecule has 3 nitrogen and oxygen atoms in total. The van der Waals surface area contributed by atoms with Crippen LogP contribution in [0.4, 0.5) is 0 Å². The van der Waals surface area contributed by atoms with Crippen molar-refractivity contribution in [3.05, 3.63) is 0 Å². The van der Waals surface area contributed by atoms with E-state index in [4.69, 9.17) is 13.3 Å². The molecule has 0 amide bonds. The second-order valence-electron chi connectivity index (χ2n) is 0.231. The Hall–Kier alpha value is 1.59. The Morgan fingerprint density at radius 3 is 1.33 bits per heavy atom. The molecule has 0 heterocycles. The maximum atomic E-state index is 8.67. The van der Waals surface area contributed by atoms with E-state index in [2.05, 4.69) is 0 Å². The quantitative estimate of drug-likeness (QED) is 0.372. The van der Waals surface area contributed by atoms with Crippen LogP contribution in [0.5, 0.6) is 0 Å². The van der Waals surface area contributed by atoms with E-state index in [1.165, 1.54) is 0 Å². The predicted octanol–water partition coefficient (Wildman–Crippen LogP) is -1.08. The first-order valence-electron chi connectivity index (χ1n) is 0.532. The summed E-state index contributed by atoms with van der Waals surface area (Å²) in [6, 6.07) is 0. The van der Waals surface area contributed by atoms with Crippen LogP contribution in [0.25, 0.3) is 0 Å². The van der Waals surface area contributed by atoms with Crippen molar-refractivity contribution in [3.8, 4) is 0 Å². The smallest absolute Gasteiger partial charge is 0.284 e. The van der Waals surface area contributed by atoms with Gasteiger partial charge in [-0.1, -0.05) is 0 Å².